The van der Waals surface area contributed by atoms with E-state index >= 15 is 0 Å². The average molecular weight is 288 g/mol. The molecule has 1 aliphatic rings. The number of hydrogen-bond donors (Lipinski definition) is 1. The molecule has 1 aromatic rings. The number of nitrogens with one attached hydrogen (secondary N) is 1. The van der Waals surface area contributed by atoms with Gasteiger partial charge in [-0.15, -0.1) is 0 Å². The zero-order chi connectivity index (χ0) is 15.1. The molecule has 0 radical (unpaired) electrons. The number of nitrogens with zero attached hydrogens (tertiary/aromatic N) is 1. The second kappa shape index (κ2) is 8.18. The molecule has 1 heterocycles. The Balaban J connectivity index is 1.88. The van der Waals surface area contributed by atoms with Crippen LogP contribution in [0.25, 0.3) is 0 Å². The Labute approximate surface area is 128 Å². The van der Waals surface area contributed by atoms with Gasteiger partial charge in [-0.25, -0.2) is 0 Å². The highest BCUT2D eigenvalue weighted by Gasteiger charge is 2.22. The lowest BCUT2D eigenvalue weighted by Crippen LogP contribution is -2.39. The van der Waals surface area contributed by atoms with Crippen molar-refractivity contribution < 1.29 is 4.79 Å². The van der Waals surface area contributed by atoms with Gasteiger partial charge in [-0.05, 0) is 37.8 Å². The fraction of sp³-hybridized carbons (Fsp3) is 0.611. The number of rotatable bonds is 6. The molecule has 2 rings (SSSR count). The zero-order valence-corrected chi connectivity index (χ0v) is 13.3. The Bertz CT molecular complexity index is 426. The third-order valence-electron chi connectivity index (χ3n) is 4.51. The quantitative estimate of drug-likeness (QED) is 0.872. The van der Waals surface area contributed by atoms with Gasteiger partial charge >= 0.3 is 0 Å². The minimum Gasteiger partial charge on any atom is -0.345 e. The number of amides is 1. The lowest BCUT2D eigenvalue weighted by atomic mass is 9.95. The van der Waals surface area contributed by atoms with E-state index in [9.17, 15) is 4.79 Å². The Kier molecular flexibility index (Phi) is 6.24. The summed E-state index contributed by atoms with van der Waals surface area (Å²) in [5, 5.41) is 3.55. The maximum absolute atomic E-state index is 12.7. The third kappa shape index (κ3) is 4.57. The molecule has 2 atom stereocenters. The molecule has 1 fully saturated rings. The van der Waals surface area contributed by atoms with Gasteiger partial charge in [0.15, 0.2) is 0 Å². The van der Waals surface area contributed by atoms with Crippen molar-refractivity contribution >= 4 is 5.91 Å². The minimum atomic E-state index is -0.00415. The molecule has 1 saturated heterocycles. The minimum absolute atomic E-state index is 0.00415. The highest BCUT2D eigenvalue weighted by molar-refractivity contribution is 5.83. The molecule has 0 aliphatic carbocycles. The van der Waals surface area contributed by atoms with Crippen molar-refractivity contribution in [3.63, 3.8) is 0 Å². The predicted octanol–water partition coefficient (Wildman–Crippen LogP) is 3.17. The molecule has 1 aliphatic heterocycles. The lowest BCUT2D eigenvalue weighted by Gasteiger charge is -2.28. The van der Waals surface area contributed by atoms with Crippen LogP contribution in [0.2, 0.25) is 0 Å². The predicted molar refractivity (Wildman–Crippen MR) is 87.4 cm³/mol. The van der Waals surface area contributed by atoms with Gasteiger partial charge in [-0.1, -0.05) is 43.7 Å². The van der Waals surface area contributed by atoms with Gasteiger partial charge in [-0.2, -0.15) is 0 Å². The molecular formula is C18H28N2O. The number of benzene rings is 1. The number of piperidine rings is 1. The van der Waals surface area contributed by atoms with Crippen LogP contribution >= 0.6 is 0 Å². The SMILES string of the molecule is CCC(C(=O)N(C)CCC1CCCCN1)c1ccccc1. The standard InChI is InChI=1S/C18H28N2O/c1-3-17(15-9-5-4-6-10-15)18(21)20(2)14-12-16-11-7-8-13-19-16/h4-6,9-10,16-17,19H,3,7-8,11-14H2,1-2H3. The van der Waals surface area contributed by atoms with E-state index in [2.05, 4.69) is 24.4 Å². The van der Waals surface area contributed by atoms with Crippen LogP contribution in [0.5, 0.6) is 0 Å². The number of carbonyl (C=O) groups is 1. The van der Waals surface area contributed by atoms with Crippen molar-refractivity contribution in [2.45, 2.75) is 51.0 Å². The maximum Gasteiger partial charge on any atom is 0.229 e. The first-order valence-electron chi connectivity index (χ1n) is 8.25. The van der Waals surface area contributed by atoms with E-state index in [0.717, 1.165) is 31.5 Å². The first-order valence-corrected chi connectivity index (χ1v) is 8.25. The second-order valence-electron chi connectivity index (χ2n) is 6.07. The van der Waals surface area contributed by atoms with Crippen LogP contribution in [-0.2, 0) is 4.79 Å². The van der Waals surface area contributed by atoms with Crippen molar-refractivity contribution in [2.24, 2.45) is 0 Å². The number of likely N-dealkylation sites (N-methyl/N-ethyl adjacent to an activating group) is 1. The van der Waals surface area contributed by atoms with E-state index in [1.807, 2.05) is 30.1 Å². The van der Waals surface area contributed by atoms with Gasteiger partial charge in [-0.3, -0.25) is 4.79 Å². The van der Waals surface area contributed by atoms with Crippen LogP contribution in [-0.4, -0.2) is 37.0 Å². The summed E-state index contributed by atoms with van der Waals surface area (Å²) >= 11 is 0. The third-order valence-corrected chi connectivity index (χ3v) is 4.51. The van der Waals surface area contributed by atoms with Crippen LogP contribution in [0.4, 0.5) is 0 Å². The molecule has 3 heteroatoms. The largest absolute Gasteiger partial charge is 0.345 e. The van der Waals surface area contributed by atoms with Crippen molar-refractivity contribution in [3.05, 3.63) is 35.9 Å². The van der Waals surface area contributed by atoms with Crippen molar-refractivity contribution in [1.29, 1.82) is 0 Å². The molecule has 2 unspecified atom stereocenters. The molecular weight excluding hydrogens is 260 g/mol. The Morgan fingerprint density at radius 1 is 1.33 bits per heavy atom. The van der Waals surface area contributed by atoms with Crippen molar-refractivity contribution in [2.75, 3.05) is 20.1 Å². The van der Waals surface area contributed by atoms with Crippen LogP contribution in [0.15, 0.2) is 30.3 Å². The van der Waals surface area contributed by atoms with E-state index in [1.165, 1.54) is 19.3 Å². The van der Waals surface area contributed by atoms with E-state index in [0.29, 0.717) is 6.04 Å². The monoisotopic (exact) mass is 288 g/mol. The van der Waals surface area contributed by atoms with Crippen LogP contribution < -0.4 is 5.32 Å². The summed E-state index contributed by atoms with van der Waals surface area (Å²) in [6.07, 6.45) is 5.77. The topological polar surface area (TPSA) is 32.3 Å². The van der Waals surface area contributed by atoms with E-state index in [1.54, 1.807) is 0 Å². The van der Waals surface area contributed by atoms with Crippen LogP contribution in [0, 0.1) is 0 Å². The van der Waals surface area contributed by atoms with E-state index < -0.39 is 0 Å². The first kappa shape index (κ1) is 16.0. The molecule has 116 valence electrons. The number of hydrogen-bond acceptors (Lipinski definition) is 2. The summed E-state index contributed by atoms with van der Waals surface area (Å²) in [5.41, 5.74) is 1.13. The Hall–Kier alpha value is -1.35. The van der Waals surface area contributed by atoms with Crippen LogP contribution in [0.1, 0.15) is 50.5 Å². The average Bonchev–Trinajstić information content (AvgIpc) is 2.55. The molecule has 1 amide bonds. The summed E-state index contributed by atoms with van der Waals surface area (Å²) < 4.78 is 0. The van der Waals surface area contributed by atoms with E-state index in [-0.39, 0.29) is 11.8 Å². The maximum atomic E-state index is 12.7. The molecule has 1 aromatic carbocycles. The molecule has 1 N–H and O–H groups in total. The molecule has 0 bridgehead atoms. The summed E-state index contributed by atoms with van der Waals surface area (Å²) in [5.74, 6) is 0.245. The van der Waals surface area contributed by atoms with Crippen molar-refractivity contribution in [3.8, 4) is 0 Å². The van der Waals surface area contributed by atoms with Gasteiger partial charge in [0.25, 0.3) is 0 Å². The Morgan fingerprint density at radius 3 is 2.71 bits per heavy atom. The van der Waals surface area contributed by atoms with Crippen LogP contribution in [0.3, 0.4) is 0 Å². The first-order chi connectivity index (χ1) is 10.2. The summed E-state index contributed by atoms with van der Waals surface area (Å²) in [4.78, 5) is 14.6. The molecule has 0 spiro atoms. The normalized spacial score (nSPS) is 20.0. The van der Waals surface area contributed by atoms with Crippen molar-refractivity contribution in [1.82, 2.24) is 10.2 Å². The summed E-state index contributed by atoms with van der Waals surface area (Å²) in [6, 6.07) is 10.7. The highest BCUT2D eigenvalue weighted by Crippen LogP contribution is 2.22. The molecule has 3 nitrogen and oxygen atoms in total. The van der Waals surface area contributed by atoms with Gasteiger partial charge in [0.2, 0.25) is 5.91 Å². The van der Waals surface area contributed by atoms with Gasteiger partial charge < -0.3 is 10.2 Å². The van der Waals surface area contributed by atoms with Gasteiger partial charge in [0, 0.05) is 19.6 Å². The fourth-order valence-corrected chi connectivity index (χ4v) is 3.13. The number of carbonyl (C=O) groups excluding carboxylic acids is 1. The second-order valence-corrected chi connectivity index (χ2v) is 6.07. The van der Waals surface area contributed by atoms with E-state index in [4.69, 9.17) is 0 Å². The molecule has 0 aromatic heterocycles. The van der Waals surface area contributed by atoms with Gasteiger partial charge in [0.1, 0.15) is 0 Å². The van der Waals surface area contributed by atoms with Gasteiger partial charge in [0.05, 0.1) is 5.92 Å². The molecule has 21 heavy (non-hydrogen) atoms. The molecule has 0 saturated carbocycles. The lowest BCUT2D eigenvalue weighted by molar-refractivity contribution is -0.131. The Morgan fingerprint density at radius 2 is 2.10 bits per heavy atom. The zero-order valence-electron chi connectivity index (χ0n) is 13.3. The highest BCUT2D eigenvalue weighted by atomic mass is 16.2. The fourth-order valence-electron chi connectivity index (χ4n) is 3.13. The summed E-state index contributed by atoms with van der Waals surface area (Å²) in [6.45, 7) is 4.07. The summed E-state index contributed by atoms with van der Waals surface area (Å²) in [7, 11) is 1.94. The smallest absolute Gasteiger partial charge is 0.229 e.